The molecular weight excluding hydrogens is 506 g/mol. The lowest BCUT2D eigenvalue weighted by atomic mass is 10.1. The van der Waals surface area contributed by atoms with Crippen LogP contribution in [0, 0.1) is 0 Å². The molecule has 1 N–H and O–H groups in total. The molecule has 4 aromatic carbocycles. The Bertz CT molecular complexity index is 1770. The molecule has 0 saturated carbocycles. The van der Waals surface area contributed by atoms with Gasteiger partial charge >= 0.3 is 0 Å². The van der Waals surface area contributed by atoms with Gasteiger partial charge in [-0.05, 0) is 55.5 Å². The number of fused-ring (bicyclic) bond motifs is 3. The van der Waals surface area contributed by atoms with Crippen molar-refractivity contribution in [2.24, 2.45) is 0 Å². The molecule has 0 saturated heterocycles. The van der Waals surface area contributed by atoms with E-state index in [9.17, 15) is 4.79 Å². The highest BCUT2D eigenvalue weighted by Crippen LogP contribution is 2.32. The Balaban J connectivity index is 1.25. The van der Waals surface area contributed by atoms with Crippen LogP contribution in [-0.4, -0.2) is 38.1 Å². The van der Waals surface area contributed by atoms with Crippen molar-refractivity contribution in [1.82, 2.24) is 19.3 Å². The topological polar surface area (TPSA) is 74.0 Å². The predicted octanol–water partition coefficient (Wildman–Crippen LogP) is 6.80. The number of benzene rings is 4. The maximum atomic E-state index is 13.0. The Morgan fingerprint density at radius 2 is 1.62 bits per heavy atom. The van der Waals surface area contributed by atoms with E-state index in [2.05, 4.69) is 57.3 Å². The average molecular weight is 534 g/mol. The van der Waals surface area contributed by atoms with Gasteiger partial charge in [0.25, 0.3) is 0 Å². The van der Waals surface area contributed by atoms with Crippen molar-refractivity contribution in [2.75, 3.05) is 18.2 Å². The number of nitrogens with one attached hydrogen (secondary N) is 1. The van der Waals surface area contributed by atoms with Crippen LogP contribution in [0.1, 0.15) is 6.92 Å². The van der Waals surface area contributed by atoms with Crippen LogP contribution < -0.4 is 10.1 Å². The quantitative estimate of drug-likeness (QED) is 0.218. The summed E-state index contributed by atoms with van der Waals surface area (Å²) in [6.45, 7) is 3.03. The van der Waals surface area contributed by atoms with Gasteiger partial charge in [-0.2, -0.15) is 0 Å². The first kappa shape index (κ1) is 24.8. The van der Waals surface area contributed by atoms with E-state index < -0.39 is 0 Å². The first-order chi connectivity index (χ1) is 19.2. The van der Waals surface area contributed by atoms with Crippen molar-refractivity contribution in [1.29, 1.82) is 0 Å². The number of para-hydroxylation sites is 1. The molecule has 39 heavy (non-hydrogen) atoms. The van der Waals surface area contributed by atoms with Gasteiger partial charge in [-0.25, -0.2) is 0 Å². The molecule has 8 heteroatoms. The van der Waals surface area contributed by atoms with Crippen LogP contribution in [0.25, 0.3) is 38.9 Å². The van der Waals surface area contributed by atoms with E-state index in [1.165, 1.54) is 22.7 Å². The van der Waals surface area contributed by atoms with Gasteiger partial charge in [0.2, 0.25) is 5.91 Å². The second-order valence-electron chi connectivity index (χ2n) is 9.04. The highest BCUT2D eigenvalue weighted by molar-refractivity contribution is 7.99. The zero-order chi connectivity index (χ0) is 26.8. The highest BCUT2D eigenvalue weighted by Gasteiger charge is 2.18. The molecule has 194 valence electrons. The first-order valence-corrected chi connectivity index (χ1v) is 13.7. The van der Waals surface area contributed by atoms with Gasteiger partial charge in [-0.15, -0.1) is 10.2 Å². The average Bonchev–Trinajstić information content (AvgIpc) is 3.55. The minimum absolute atomic E-state index is 0.107. The van der Waals surface area contributed by atoms with Crippen LogP contribution in [0.3, 0.4) is 0 Å². The molecule has 0 atom stereocenters. The summed E-state index contributed by atoms with van der Waals surface area (Å²) in [6, 6.07) is 32.1. The number of carbonyl (C=O) groups is 1. The third-order valence-corrected chi connectivity index (χ3v) is 7.63. The fourth-order valence-electron chi connectivity index (χ4n) is 4.90. The van der Waals surface area contributed by atoms with Gasteiger partial charge in [0.1, 0.15) is 5.75 Å². The second-order valence-corrected chi connectivity index (χ2v) is 9.98. The fourth-order valence-corrected chi connectivity index (χ4v) is 5.65. The highest BCUT2D eigenvalue weighted by atomic mass is 32.2. The standard InChI is InChI=1S/C31H27N5O2S/c1-3-35-27-12-8-7-11-25(27)26-19-22(13-18-28(26)35)32-29(37)20-39-31-34-33-30(21-9-5-4-6-10-21)36(31)23-14-16-24(38-2)17-15-23/h4-19H,3,20H2,1-2H3,(H,32,37). The molecule has 2 heterocycles. The monoisotopic (exact) mass is 533 g/mol. The van der Waals surface area contributed by atoms with Crippen LogP contribution in [-0.2, 0) is 11.3 Å². The zero-order valence-corrected chi connectivity index (χ0v) is 22.5. The number of amides is 1. The molecule has 6 rings (SSSR count). The van der Waals surface area contributed by atoms with Crippen molar-refractivity contribution < 1.29 is 9.53 Å². The van der Waals surface area contributed by atoms with Crippen molar-refractivity contribution in [3.8, 4) is 22.8 Å². The fraction of sp³-hybridized carbons (Fsp3) is 0.129. The van der Waals surface area contributed by atoms with Crippen LogP contribution in [0.5, 0.6) is 5.75 Å². The number of hydrogen-bond donors (Lipinski definition) is 1. The Labute approximate surface area is 230 Å². The molecule has 0 aliphatic heterocycles. The van der Waals surface area contributed by atoms with Gasteiger partial charge in [-0.3, -0.25) is 9.36 Å². The number of hydrogen-bond acceptors (Lipinski definition) is 5. The molecule has 0 aliphatic carbocycles. The van der Waals surface area contributed by atoms with Crippen molar-refractivity contribution in [3.63, 3.8) is 0 Å². The molecule has 0 spiro atoms. The summed E-state index contributed by atoms with van der Waals surface area (Å²) in [5.41, 5.74) is 4.96. The van der Waals surface area contributed by atoms with Crippen LogP contribution >= 0.6 is 11.8 Å². The molecule has 0 fully saturated rings. The molecule has 0 bridgehead atoms. The number of carbonyl (C=O) groups excluding carboxylic acids is 1. The summed E-state index contributed by atoms with van der Waals surface area (Å²) < 4.78 is 9.59. The van der Waals surface area contributed by atoms with E-state index in [4.69, 9.17) is 4.74 Å². The predicted molar refractivity (Wildman–Crippen MR) is 158 cm³/mol. The third-order valence-electron chi connectivity index (χ3n) is 6.70. The first-order valence-electron chi connectivity index (χ1n) is 12.7. The van der Waals surface area contributed by atoms with E-state index in [0.29, 0.717) is 11.0 Å². The largest absolute Gasteiger partial charge is 0.497 e. The molecule has 0 unspecified atom stereocenters. The summed E-state index contributed by atoms with van der Waals surface area (Å²) in [5.74, 6) is 1.56. The lowest BCUT2D eigenvalue weighted by Crippen LogP contribution is -2.14. The third kappa shape index (κ3) is 4.75. The van der Waals surface area contributed by atoms with Crippen molar-refractivity contribution in [3.05, 3.63) is 97.1 Å². The molecule has 1 amide bonds. The van der Waals surface area contributed by atoms with Crippen molar-refractivity contribution in [2.45, 2.75) is 18.6 Å². The normalized spacial score (nSPS) is 11.2. The Morgan fingerprint density at radius 3 is 2.38 bits per heavy atom. The van der Waals surface area contributed by atoms with Crippen LogP contribution in [0.15, 0.2) is 102 Å². The van der Waals surface area contributed by atoms with E-state index >= 15 is 0 Å². The molecule has 7 nitrogen and oxygen atoms in total. The van der Waals surface area contributed by atoms with Gasteiger partial charge in [0.05, 0.1) is 12.9 Å². The number of ether oxygens (including phenoxy) is 1. The summed E-state index contributed by atoms with van der Waals surface area (Å²) in [4.78, 5) is 13.0. The maximum Gasteiger partial charge on any atom is 0.234 e. The number of nitrogens with zero attached hydrogens (tertiary/aromatic N) is 4. The summed E-state index contributed by atoms with van der Waals surface area (Å²) >= 11 is 1.35. The number of rotatable bonds is 8. The molecule has 0 aliphatic rings. The summed E-state index contributed by atoms with van der Waals surface area (Å²) in [7, 11) is 1.64. The summed E-state index contributed by atoms with van der Waals surface area (Å²) in [5, 5.41) is 14.9. The van der Waals surface area contributed by atoms with Gasteiger partial charge in [0.15, 0.2) is 11.0 Å². The van der Waals surface area contributed by atoms with Crippen LogP contribution in [0.2, 0.25) is 0 Å². The SMILES string of the molecule is CCn1c2ccccc2c2cc(NC(=O)CSc3nnc(-c4ccccc4)n3-c3ccc(OC)cc3)ccc21. The number of aryl methyl sites for hydroxylation is 1. The lowest BCUT2D eigenvalue weighted by Gasteiger charge is -2.11. The lowest BCUT2D eigenvalue weighted by molar-refractivity contribution is -0.113. The van der Waals surface area contributed by atoms with E-state index in [1.54, 1.807) is 7.11 Å². The minimum Gasteiger partial charge on any atom is -0.497 e. The van der Waals surface area contributed by atoms with E-state index in [1.807, 2.05) is 71.3 Å². The number of thioether (sulfide) groups is 1. The molecule has 6 aromatic rings. The Hall–Kier alpha value is -4.56. The Morgan fingerprint density at radius 1 is 0.872 bits per heavy atom. The number of methoxy groups -OCH3 is 1. The molecule has 2 aromatic heterocycles. The van der Waals surface area contributed by atoms with Gasteiger partial charge in [0, 0.05) is 45.3 Å². The zero-order valence-electron chi connectivity index (χ0n) is 21.7. The number of aromatic nitrogens is 4. The summed E-state index contributed by atoms with van der Waals surface area (Å²) in [6.07, 6.45) is 0. The van der Waals surface area contributed by atoms with E-state index in [-0.39, 0.29) is 11.7 Å². The van der Waals surface area contributed by atoms with Crippen molar-refractivity contribution >= 4 is 45.2 Å². The molecule has 0 radical (unpaired) electrons. The number of anilines is 1. The van der Waals surface area contributed by atoms with Crippen LogP contribution in [0.4, 0.5) is 5.69 Å². The molecular formula is C31H27N5O2S. The second kappa shape index (κ2) is 10.7. The van der Waals surface area contributed by atoms with Gasteiger partial charge < -0.3 is 14.6 Å². The smallest absolute Gasteiger partial charge is 0.234 e. The Kier molecular flexibility index (Phi) is 6.77. The van der Waals surface area contributed by atoms with Gasteiger partial charge in [-0.1, -0.05) is 60.3 Å². The van der Waals surface area contributed by atoms with E-state index in [0.717, 1.165) is 40.1 Å². The minimum atomic E-state index is -0.107. The maximum absolute atomic E-state index is 13.0.